The molecular weight excluding hydrogens is 420 g/mol. The van der Waals surface area contributed by atoms with Crippen LogP contribution < -0.4 is 15.4 Å². The molecular formula is C22H27BrN2O3. The highest BCUT2D eigenvalue weighted by molar-refractivity contribution is 9.10. The van der Waals surface area contributed by atoms with E-state index < -0.39 is 0 Å². The van der Waals surface area contributed by atoms with Crippen LogP contribution in [0.15, 0.2) is 46.9 Å². The number of carbonyl (C=O) groups is 2. The average molecular weight is 447 g/mol. The minimum Gasteiger partial charge on any atom is -0.492 e. The van der Waals surface area contributed by atoms with Crippen LogP contribution in [0.4, 0.5) is 5.69 Å². The van der Waals surface area contributed by atoms with Crippen LogP contribution in [0.25, 0.3) is 0 Å². The van der Waals surface area contributed by atoms with E-state index in [2.05, 4.69) is 40.4 Å². The summed E-state index contributed by atoms with van der Waals surface area (Å²) in [6.07, 6.45) is 4.01. The molecule has 2 amide bonds. The zero-order chi connectivity index (χ0) is 20.4. The van der Waals surface area contributed by atoms with Crippen molar-refractivity contribution in [3.05, 3.63) is 58.1 Å². The molecule has 0 aliphatic carbocycles. The van der Waals surface area contributed by atoms with Crippen LogP contribution in [-0.2, 0) is 0 Å². The average Bonchev–Trinajstić information content (AvgIpc) is 2.69. The summed E-state index contributed by atoms with van der Waals surface area (Å²) in [5.74, 6) is 0.334. The number of hydrogen-bond donors (Lipinski definition) is 2. The Morgan fingerprint density at radius 3 is 2.43 bits per heavy atom. The lowest BCUT2D eigenvalue weighted by Crippen LogP contribution is -2.24. The molecule has 0 saturated carbocycles. The van der Waals surface area contributed by atoms with E-state index in [-0.39, 0.29) is 11.8 Å². The number of anilines is 1. The second kappa shape index (κ2) is 11.5. The molecule has 28 heavy (non-hydrogen) atoms. The first-order valence-corrected chi connectivity index (χ1v) is 10.5. The lowest BCUT2D eigenvalue weighted by molar-refractivity contribution is 0.0951. The van der Waals surface area contributed by atoms with Gasteiger partial charge in [0.1, 0.15) is 5.75 Å². The lowest BCUT2D eigenvalue weighted by Gasteiger charge is -2.11. The van der Waals surface area contributed by atoms with E-state index in [4.69, 9.17) is 4.74 Å². The Labute approximate surface area is 175 Å². The summed E-state index contributed by atoms with van der Waals surface area (Å²) in [6.45, 7) is 5.47. The van der Waals surface area contributed by atoms with Crippen molar-refractivity contribution in [2.75, 3.05) is 18.5 Å². The van der Waals surface area contributed by atoms with Gasteiger partial charge >= 0.3 is 0 Å². The maximum absolute atomic E-state index is 12.6. The number of nitrogens with one attached hydrogen (secondary N) is 2. The van der Waals surface area contributed by atoms with Gasteiger partial charge in [-0.2, -0.15) is 0 Å². The Morgan fingerprint density at radius 2 is 1.71 bits per heavy atom. The van der Waals surface area contributed by atoms with E-state index in [1.807, 2.05) is 0 Å². The number of amides is 2. The summed E-state index contributed by atoms with van der Waals surface area (Å²) in [6, 6.07) is 12.2. The lowest BCUT2D eigenvalue weighted by atomic mass is 10.1. The SMILES string of the molecule is CCCCNC(=O)c1cccc(NC(=O)c2ccc(OCCCC)c(Br)c2)c1. The molecule has 0 saturated heterocycles. The maximum Gasteiger partial charge on any atom is 0.255 e. The number of rotatable bonds is 10. The van der Waals surface area contributed by atoms with Gasteiger partial charge in [0.25, 0.3) is 11.8 Å². The minimum atomic E-state index is -0.246. The molecule has 2 rings (SSSR count). The van der Waals surface area contributed by atoms with Gasteiger partial charge in [0.2, 0.25) is 0 Å². The summed E-state index contributed by atoms with van der Waals surface area (Å²) in [4.78, 5) is 24.7. The van der Waals surface area contributed by atoms with Crippen molar-refractivity contribution >= 4 is 33.4 Å². The molecule has 0 atom stereocenters. The van der Waals surface area contributed by atoms with Gasteiger partial charge in [-0.25, -0.2) is 0 Å². The molecule has 0 aliphatic rings. The Morgan fingerprint density at radius 1 is 0.964 bits per heavy atom. The molecule has 0 bridgehead atoms. The van der Waals surface area contributed by atoms with E-state index >= 15 is 0 Å². The van der Waals surface area contributed by atoms with Crippen molar-refractivity contribution in [3.8, 4) is 5.75 Å². The van der Waals surface area contributed by atoms with Crippen molar-refractivity contribution in [2.45, 2.75) is 39.5 Å². The van der Waals surface area contributed by atoms with Crippen molar-refractivity contribution in [1.82, 2.24) is 5.32 Å². The third kappa shape index (κ3) is 6.68. The van der Waals surface area contributed by atoms with Gasteiger partial charge in [-0.05, 0) is 65.2 Å². The zero-order valence-electron chi connectivity index (χ0n) is 16.4. The number of benzene rings is 2. The predicted molar refractivity (Wildman–Crippen MR) is 116 cm³/mol. The zero-order valence-corrected chi connectivity index (χ0v) is 18.0. The third-order valence-corrected chi connectivity index (χ3v) is 4.77. The molecule has 0 unspecified atom stereocenters. The predicted octanol–water partition coefficient (Wildman–Crippen LogP) is 5.41. The standard InChI is InChI=1S/C22H27BrN2O3/c1-3-5-12-24-21(26)16-8-7-9-18(14-16)25-22(27)17-10-11-20(19(23)15-17)28-13-6-4-2/h7-11,14-15H,3-6,12-13H2,1-2H3,(H,24,26)(H,25,27). The Hall–Kier alpha value is -2.34. The topological polar surface area (TPSA) is 67.4 Å². The first-order valence-electron chi connectivity index (χ1n) is 9.67. The Kier molecular flexibility index (Phi) is 9.01. The van der Waals surface area contributed by atoms with Gasteiger partial charge in [-0.1, -0.05) is 32.8 Å². The van der Waals surface area contributed by atoms with Crippen LogP contribution in [-0.4, -0.2) is 25.0 Å². The molecule has 2 N–H and O–H groups in total. The van der Waals surface area contributed by atoms with E-state index in [1.165, 1.54) is 0 Å². The van der Waals surface area contributed by atoms with Crippen LogP contribution in [0.2, 0.25) is 0 Å². The maximum atomic E-state index is 12.6. The quantitative estimate of drug-likeness (QED) is 0.479. The summed E-state index contributed by atoms with van der Waals surface area (Å²) in [7, 11) is 0. The number of hydrogen-bond acceptors (Lipinski definition) is 3. The third-order valence-electron chi connectivity index (χ3n) is 4.15. The number of ether oxygens (including phenoxy) is 1. The van der Waals surface area contributed by atoms with Crippen molar-refractivity contribution < 1.29 is 14.3 Å². The number of halogens is 1. The highest BCUT2D eigenvalue weighted by atomic mass is 79.9. The van der Waals surface area contributed by atoms with E-state index in [9.17, 15) is 9.59 Å². The molecule has 0 aromatic heterocycles. The highest BCUT2D eigenvalue weighted by Crippen LogP contribution is 2.26. The van der Waals surface area contributed by atoms with Crippen LogP contribution in [0.3, 0.4) is 0 Å². The molecule has 0 aliphatic heterocycles. The first kappa shape index (κ1) is 22.0. The molecule has 0 radical (unpaired) electrons. The number of carbonyl (C=O) groups excluding carboxylic acids is 2. The number of unbranched alkanes of at least 4 members (excludes halogenated alkanes) is 2. The molecule has 6 heteroatoms. The molecule has 0 fully saturated rings. The molecule has 0 heterocycles. The monoisotopic (exact) mass is 446 g/mol. The Bertz CT molecular complexity index is 808. The Balaban J connectivity index is 2.01. The second-order valence-corrected chi connectivity index (χ2v) is 7.35. The largest absolute Gasteiger partial charge is 0.492 e. The normalized spacial score (nSPS) is 10.4. The van der Waals surface area contributed by atoms with Gasteiger partial charge in [0.05, 0.1) is 11.1 Å². The van der Waals surface area contributed by atoms with Gasteiger partial charge in [0.15, 0.2) is 0 Å². The molecule has 2 aromatic rings. The van der Waals surface area contributed by atoms with Gasteiger partial charge in [-0.15, -0.1) is 0 Å². The minimum absolute atomic E-state index is 0.138. The van der Waals surface area contributed by atoms with Crippen LogP contribution in [0.1, 0.15) is 60.2 Å². The fraction of sp³-hybridized carbons (Fsp3) is 0.364. The van der Waals surface area contributed by atoms with Crippen LogP contribution >= 0.6 is 15.9 Å². The summed E-state index contributed by atoms with van der Waals surface area (Å²) < 4.78 is 6.43. The van der Waals surface area contributed by atoms with E-state index in [1.54, 1.807) is 42.5 Å². The van der Waals surface area contributed by atoms with E-state index in [0.717, 1.165) is 35.9 Å². The fourth-order valence-corrected chi connectivity index (χ4v) is 3.00. The summed E-state index contributed by atoms with van der Waals surface area (Å²) in [5, 5.41) is 5.71. The molecule has 0 spiro atoms. The van der Waals surface area contributed by atoms with Crippen LogP contribution in [0, 0.1) is 0 Å². The van der Waals surface area contributed by atoms with Gasteiger partial charge < -0.3 is 15.4 Å². The van der Waals surface area contributed by atoms with Gasteiger partial charge in [-0.3, -0.25) is 9.59 Å². The van der Waals surface area contributed by atoms with Gasteiger partial charge in [0, 0.05) is 23.4 Å². The van der Waals surface area contributed by atoms with E-state index in [0.29, 0.717) is 30.0 Å². The van der Waals surface area contributed by atoms with Crippen molar-refractivity contribution in [2.24, 2.45) is 0 Å². The van der Waals surface area contributed by atoms with Crippen molar-refractivity contribution in [1.29, 1.82) is 0 Å². The van der Waals surface area contributed by atoms with Crippen molar-refractivity contribution in [3.63, 3.8) is 0 Å². The smallest absolute Gasteiger partial charge is 0.255 e. The summed E-state index contributed by atoms with van der Waals surface area (Å²) in [5.41, 5.74) is 1.61. The molecule has 150 valence electrons. The highest BCUT2D eigenvalue weighted by Gasteiger charge is 2.11. The molecule has 2 aromatic carbocycles. The summed E-state index contributed by atoms with van der Waals surface area (Å²) >= 11 is 3.46. The second-order valence-electron chi connectivity index (χ2n) is 6.49. The molecule has 5 nitrogen and oxygen atoms in total. The fourth-order valence-electron chi connectivity index (χ4n) is 2.51. The first-order chi connectivity index (χ1) is 13.5. The van der Waals surface area contributed by atoms with Crippen LogP contribution in [0.5, 0.6) is 5.75 Å².